The Kier molecular flexibility index (Phi) is 4.61. The third-order valence-corrected chi connectivity index (χ3v) is 2.48. The summed E-state index contributed by atoms with van der Waals surface area (Å²) in [4.78, 5) is 0. The average Bonchev–Trinajstić information content (AvgIpc) is 2.33. The van der Waals surface area contributed by atoms with Crippen LogP contribution >= 0.6 is 12.4 Å². The lowest BCUT2D eigenvalue weighted by atomic mass is 9.99. The highest BCUT2D eigenvalue weighted by molar-refractivity contribution is 5.85. The van der Waals surface area contributed by atoms with Crippen LogP contribution in [0.4, 0.5) is 8.78 Å². The molecule has 2 aromatic carbocycles. The van der Waals surface area contributed by atoms with Gasteiger partial charge in [0.25, 0.3) is 0 Å². The molecule has 0 aliphatic heterocycles. The van der Waals surface area contributed by atoms with Gasteiger partial charge < -0.3 is 5.73 Å². The lowest BCUT2D eigenvalue weighted by molar-refractivity contribution is 0.494. The topological polar surface area (TPSA) is 26.0 Å². The maximum absolute atomic E-state index is 13.5. The average molecular weight is 256 g/mol. The molecule has 90 valence electrons. The summed E-state index contributed by atoms with van der Waals surface area (Å²) in [6.45, 7) is 0. The van der Waals surface area contributed by atoms with Gasteiger partial charge in [0, 0.05) is 5.56 Å². The molecule has 0 saturated carbocycles. The minimum absolute atomic E-state index is 0. The molecule has 0 radical (unpaired) electrons. The molecule has 17 heavy (non-hydrogen) atoms. The Labute approximate surface area is 105 Å². The second-order valence-corrected chi connectivity index (χ2v) is 3.53. The number of halogens is 3. The molecule has 0 fully saturated rings. The van der Waals surface area contributed by atoms with Crippen molar-refractivity contribution < 1.29 is 8.78 Å². The van der Waals surface area contributed by atoms with Gasteiger partial charge in [-0.15, -0.1) is 12.4 Å². The van der Waals surface area contributed by atoms with Crippen LogP contribution in [-0.2, 0) is 0 Å². The summed E-state index contributed by atoms with van der Waals surface area (Å²) in [5.74, 6) is -1.75. The van der Waals surface area contributed by atoms with Crippen molar-refractivity contribution in [1.29, 1.82) is 0 Å². The molecule has 1 nitrogen and oxygen atoms in total. The molecule has 2 rings (SSSR count). The molecule has 0 heterocycles. The Hall–Kier alpha value is -1.45. The van der Waals surface area contributed by atoms with Crippen LogP contribution in [0.3, 0.4) is 0 Å². The first-order valence-electron chi connectivity index (χ1n) is 4.94. The first kappa shape index (κ1) is 13.6. The molecule has 0 aliphatic carbocycles. The minimum atomic E-state index is -0.876. The number of hydrogen-bond acceptors (Lipinski definition) is 1. The van der Waals surface area contributed by atoms with Crippen molar-refractivity contribution in [1.82, 2.24) is 0 Å². The lowest BCUT2D eigenvalue weighted by Crippen LogP contribution is -2.14. The summed E-state index contributed by atoms with van der Waals surface area (Å²) >= 11 is 0. The quantitative estimate of drug-likeness (QED) is 0.874. The van der Waals surface area contributed by atoms with Crippen molar-refractivity contribution in [3.63, 3.8) is 0 Å². The minimum Gasteiger partial charge on any atom is -0.320 e. The molecular weight excluding hydrogens is 244 g/mol. The van der Waals surface area contributed by atoms with Gasteiger partial charge in [0.05, 0.1) is 6.04 Å². The van der Waals surface area contributed by atoms with E-state index >= 15 is 0 Å². The Balaban J connectivity index is 0.00000144. The van der Waals surface area contributed by atoms with E-state index < -0.39 is 17.7 Å². The molecule has 2 N–H and O–H groups in total. The van der Waals surface area contributed by atoms with Gasteiger partial charge in [-0.25, -0.2) is 8.78 Å². The largest absolute Gasteiger partial charge is 0.320 e. The molecule has 0 amide bonds. The molecule has 0 spiro atoms. The summed E-state index contributed by atoms with van der Waals surface area (Å²) in [5, 5.41) is 0. The molecule has 0 bridgehead atoms. The first-order valence-corrected chi connectivity index (χ1v) is 4.94. The summed E-state index contributed by atoms with van der Waals surface area (Å²) in [6, 6.07) is 12.4. The van der Waals surface area contributed by atoms with Crippen LogP contribution in [0, 0.1) is 11.6 Å². The van der Waals surface area contributed by atoms with E-state index in [1.165, 1.54) is 12.1 Å². The van der Waals surface area contributed by atoms with Gasteiger partial charge in [-0.2, -0.15) is 0 Å². The number of hydrogen-bond donors (Lipinski definition) is 1. The van der Waals surface area contributed by atoms with Crippen LogP contribution in [-0.4, -0.2) is 0 Å². The van der Waals surface area contributed by atoms with Gasteiger partial charge in [-0.3, -0.25) is 0 Å². The van der Waals surface area contributed by atoms with Crippen molar-refractivity contribution in [2.45, 2.75) is 6.04 Å². The van der Waals surface area contributed by atoms with Gasteiger partial charge >= 0.3 is 0 Å². The van der Waals surface area contributed by atoms with E-state index in [1.54, 1.807) is 12.1 Å². The smallest absolute Gasteiger partial charge is 0.163 e. The highest BCUT2D eigenvalue weighted by Crippen LogP contribution is 2.23. The predicted molar refractivity (Wildman–Crippen MR) is 66.1 cm³/mol. The normalized spacial score (nSPS) is 11.7. The molecule has 4 heteroatoms. The first-order chi connectivity index (χ1) is 7.70. The Morgan fingerprint density at radius 1 is 0.882 bits per heavy atom. The van der Waals surface area contributed by atoms with E-state index in [1.807, 2.05) is 18.2 Å². The Morgan fingerprint density at radius 3 is 2.18 bits per heavy atom. The van der Waals surface area contributed by atoms with Gasteiger partial charge in [0.15, 0.2) is 11.6 Å². The van der Waals surface area contributed by atoms with Crippen molar-refractivity contribution in [3.05, 3.63) is 71.3 Å². The van der Waals surface area contributed by atoms with Crippen molar-refractivity contribution in [2.24, 2.45) is 5.73 Å². The number of benzene rings is 2. The molecule has 2 aromatic rings. The summed E-state index contributed by atoms with van der Waals surface area (Å²) < 4.78 is 26.5. The zero-order valence-corrected chi connectivity index (χ0v) is 9.75. The van der Waals surface area contributed by atoms with E-state index in [-0.39, 0.29) is 18.0 Å². The third-order valence-electron chi connectivity index (χ3n) is 2.48. The van der Waals surface area contributed by atoms with Crippen LogP contribution in [0.2, 0.25) is 0 Å². The van der Waals surface area contributed by atoms with Gasteiger partial charge in [-0.05, 0) is 11.6 Å². The highest BCUT2D eigenvalue weighted by Gasteiger charge is 2.15. The van der Waals surface area contributed by atoms with E-state index in [4.69, 9.17) is 5.73 Å². The van der Waals surface area contributed by atoms with Crippen LogP contribution in [0.25, 0.3) is 0 Å². The lowest BCUT2D eigenvalue weighted by Gasteiger charge is -2.13. The van der Waals surface area contributed by atoms with Crippen molar-refractivity contribution >= 4 is 12.4 Å². The van der Waals surface area contributed by atoms with Crippen LogP contribution in [0.5, 0.6) is 0 Å². The summed E-state index contributed by atoms with van der Waals surface area (Å²) in [5.41, 5.74) is 6.81. The SMILES string of the molecule is Cl.NC(c1ccccc1)c1cccc(F)c1F. The predicted octanol–water partition coefficient (Wildman–Crippen LogP) is 3.43. The molecular formula is C13H12ClF2N. The highest BCUT2D eigenvalue weighted by atomic mass is 35.5. The fraction of sp³-hybridized carbons (Fsp3) is 0.0769. The number of nitrogens with two attached hydrogens (primary N) is 1. The van der Waals surface area contributed by atoms with Crippen LogP contribution < -0.4 is 5.73 Å². The standard InChI is InChI=1S/C13H11F2N.ClH/c14-11-8-4-7-10(12(11)15)13(16)9-5-2-1-3-6-9;/h1-8,13H,16H2;1H. The van der Waals surface area contributed by atoms with E-state index in [9.17, 15) is 8.78 Å². The van der Waals surface area contributed by atoms with Crippen LogP contribution in [0.1, 0.15) is 17.2 Å². The van der Waals surface area contributed by atoms with Crippen molar-refractivity contribution in [3.8, 4) is 0 Å². The molecule has 0 saturated heterocycles. The zero-order valence-electron chi connectivity index (χ0n) is 8.94. The monoisotopic (exact) mass is 255 g/mol. The van der Waals surface area contributed by atoms with Crippen molar-refractivity contribution in [2.75, 3.05) is 0 Å². The second kappa shape index (κ2) is 5.75. The molecule has 0 aliphatic rings. The molecule has 1 atom stereocenters. The fourth-order valence-corrected chi connectivity index (χ4v) is 1.60. The maximum Gasteiger partial charge on any atom is 0.163 e. The van der Waals surface area contributed by atoms with Gasteiger partial charge in [-0.1, -0.05) is 42.5 Å². The zero-order chi connectivity index (χ0) is 11.5. The van der Waals surface area contributed by atoms with Gasteiger partial charge in [0.1, 0.15) is 0 Å². The maximum atomic E-state index is 13.5. The van der Waals surface area contributed by atoms with E-state index in [0.717, 1.165) is 11.6 Å². The fourth-order valence-electron chi connectivity index (χ4n) is 1.60. The summed E-state index contributed by atoms with van der Waals surface area (Å²) in [7, 11) is 0. The number of rotatable bonds is 2. The van der Waals surface area contributed by atoms with E-state index in [2.05, 4.69) is 0 Å². The van der Waals surface area contributed by atoms with Gasteiger partial charge in [0.2, 0.25) is 0 Å². The summed E-state index contributed by atoms with van der Waals surface area (Å²) in [6.07, 6.45) is 0. The molecule has 1 unspecified atom stereocenters. The molecule has 0 aromatic heterocycles. The van der Waals surface area contributed by atoms with E-state index in [0.29, 0.717) is 0 Å². The Bertz CT molecular complexity index is 488. The second-order valence-electron chi connectivity index (χ2n) is 3.53. The Morgan fingerprint density at radius 2 is 1.53 bits per heavy atom. The van der Waals surface area contributed by atoms with Crippen LogP contribution in [0.15, 0.2) is 48.5 Å². The third kappa shape index (κ3) is 2.81.